The van der Waals surface area contributed by atoms with E-state index >= 15 is 0 Å². The number of aromatic amines is 1. The smallest absolute Gasteiger partial charge is 0.311 e. The average Bonchev–Trinajstić information content (AvgIpc) is 2.66. The third-order valence-electron chi connectivity index (χ3n) is 2.70. The van der Waals surface area contributed by atoms with E-state index in [4.69, 9.17) is 4.74 Å². The molecule has 0 aliphatic heterocycles. The number of carbonyl (C=O) groups excluding carboxylic acids is 1. The molecule has 0 amide bonds. The third kappa shape index (κ3) is 2.53. The molecule has 0 bridgehead atoms. The lowest BCUT2D eigenvalue weighted by Gasteiger charge is -2.16. The van der Waals surface area contributed by atoms with Gasteiger partial charge in [-0.2, -0.15) is 0 Å². The zero-order valence-electron chi connectivity index (χ0n) is 10.7. The van der Waals surface area contributed by atoms with Gasteiger partial charge in [-0.05, 0) is 39.0 Å². The number of nitrogens with one attached hydrogen (secondary N) is 1. The second-order valence-electron chi connectivity index (χ2n) is 5.33. The van der Waals surface area contributed by atoms with Gasteiger partial charge in [-0.15, -0.1) is 0 Å². The van der Waals surface area contributed by atoms with Crippen molar-refractivity contribution < 1.29 is 13.9 Å². The normalized spacial score (nSPS) is 11.8. The number of rotatable bonds is 2. The molecule has 18 heavy (non-hydrogen) atoms. The maximum absolute atomic E-state index is 13.0. The van der Waals surface area contributed by atoms with Crippen molar-refractivity contribution in [1.82, 2.24) is 4.98 Å². The minimum absolute atomic E-state index is 0.196. The zero-order chi connectivity index (χ0) is 13.3. The molecule has 4 heteroatoms. The monoisotopic (exact) mass is 249 g/mol. The summed E-state index contributed by atoms with van der Waals surface area (Å²) < 4.78 is 18.2. The van der Waals surface area contributed by atoms with Crippen molar-refractivity contribution in [2.24, 2.45) is 5.41 Å². The van der Waals surface area contributed by atoms with Crippen LogP contribution >= 0.6 is 0 Å². The van der Waals surface area contributed by atoms with Crippen molar-refractivity contribution in [3.63, 3.8) is 0 Å². The van der Waals surface area contributed by atoms with E-state index in [1.54, 1.807) is 33.0 Å². The summed E-state index contributed by atoms with van der Waals surface area (Å²) in [7, 11) is 0. The summed E-state index contributed by atoms with van der Waals surface area (Å²) >= 11 is 0. The fourth-order valence-electron chi connectivity index (χ4n) is 1.64. The zero-order valence-corrected chi connectivity index (χ0v) is 10.7. The lowest BCUT2D eigenvalue weighted by atomic mass is 9.97. The molecule has 0 spiro atoms. The lowest BCUT2D eigenvalue weighted by Crippen LogP contribution is -2.22. The van der Waals surface area contributed by atoms with E-state index in [-0.39, 0.29) is 18.4 Å². The number of hydrogen-bond donors (Lipinski definition) is 1. The van der Waals surface area contributed by atoms with E-state index in [0.717, 1.165) is 10.9 Å². The van der Waals surface area contributed by atoms with Gasteiger partial charge >= 0.3 is 5.97 Å². The maximum atomic E-state index is 13.0. The van der Waals surface area contributed by atoms with Crippen molar-refractivity contribution in [2.75, 3.05) is 0 Å². The van der Waals surface area contributed by atoms with Crippen molar-refractivity contribution in [1.29, 1.82) is 0 Å². The standard InChI is InChI=1S/C14H16FNO2/c1-14(2,3)13(17)18-8-9-7-16-12-6-10(15)4-5-11(9)12/h4-7,16H,8H2,1-3H3. The molecule has 1 heterocycles. The highest BCUT2D eigenvalue weighted by Gasteiger charge is 2.23. The fraction of sp³-hybridized carbons (Fsp3) is 0.357. The van der Waals surface area contributed by atoms with Crippen molar-refractivity contribution in [3.8, 4) is 0 Å². The molecule has 2 rings (SSSR count). The number of halogens is 1. The summed E-state index contributed by atoms with van der Waals surface area (Å²) in [5, 5.41) is 0.873. The van der Waals surface area contributed by atoms with Crippen LogP contribution < -0.4 is 0 Å². The molecule has 1 aromatic carbocycles. The van der Waals surface area contributed by atoms with Gasteiger partial charge in [0.1, 0.15) is 12.4 Å². The molecular weight excluding hydrogens is 233 g/mol. The minimum atomic E-state index is -0.516. The van der Waals surface area contributed by atoms with Gasteiger partial charge in [-0.25, -0.2) is 4.39 Å². The summed E-state index contributed by atoms with van der Waals surface area (Å²) in [6.45, 7) is 5.61. The first kappa shape index (κ1) is 12.6. The molecule has 0 radical (unpaired) electrons. The topological polar surface area (TPSA) is 42.1 Å². The van der Waals surface area contributed by atoms with Gasteiger partial charge in [0.15, 0.2) is 0 Å². The molecule has 1 aromatic heterocycles. The molecule has 1 N–H and O–H groups in total. The quantitative estimate of drug-likeness (QED) is 0.829. The van der Waals surface area contributed by atoms with Crippen LogP contribution in [0.15, 0.2) is 24.4 Å². The van der Waals surface area contributed by atoms with Crippen LogP contribution in [0.4, 0.5) is 4.39 Å². The van der Waals surface area contributed by atoms with Gasteiger partial charge < -0.3 is 9.72 Å². The Hall–Kier alpha value is -1.84. The van der Waals surface area contributed by atoms with E-state index in [9.17, 15) is 9.18 Å². The predicted molar refractivity (Wildman–Crippen MR) is 67.5 cm³/mol. The number of esters is 1. The van der Waals surface area contributed by atoms with Gasteiger partial charge in [0.05, 0.1) is 5.41 Å². The number of fused-ring (bicyclic) bond motifs is 1. The highest BCUT2D eigenvalue weighted by molar-refractivity contribution is 5.83. The van der Waals surface area contributed by atoms with Crippen LogP contribution in [0.1, 0.15) is 26.3 Å². The minimum Gasteiger partial charge on any atom is -0.460 e. The first-order valence-corrected chi connectivity index (χ1v) is 5.80. The van der Waals surface area contributed by atoms with E-state index in [0.29, 0.717) is 5.52 Å². The Bertz CT molecular complexity index is 581. The summed E-state index contributed by atoms with van der Waals surface area (Å²) in [6, 6.07) is 4.50. The molecule has 0 aliphatic carbocycles. The van der Waals surface area contributed by atoms with Crippen molar-refractivity contribution in [2.45, 2.75) is 27.4 Å². The summed E-state index contributed by atoms with van der Waals surface area (Å²) in [5.41, 5.74) is 1.04. The summed E-state index contributed by atoms with van der Waals surface area (Å²) in [5.74, 6) is -0.540. The Morgan fingerprint density at radius 3 is 2.78 bits per heavy atom. The van der Waals surface area contributed by atoms with Crippen LogP contribution in [0.25, 0.3) is 10.9 Å². The lowest BCUT2D eigenvalue weighted by molar-refractivity contribution is -0.154. The number of H-pyrrole nitrogens is 1. The molecule has 0 atom stereocenters. The van der Waals surface area contributed by atoms with Gasteiger partial charge in [-0.1, -0.05) is 0 Å². The molecule has 96 valence electrons. The highest BCUT2D eigenvalue weighted by Crippen LogP contribution is 2.22. The Morgan fingerprint density at radius 1 is 1.39 bits per heavy atom. The Morgan fingerprint density at radius 2 is 2.11 bits per heavy atom. The maximum Gasteiger partial charge on any atom is 0.311 e. The van der Waals surface area contributed by atoms with Gasteiger partial charge in [0, 0.05) is 22.7 Å². The van der Waals surface area contributed by atoms with Gasteiger partial charge in [0.25, 0.3) is 0 Å². The SMILES string of the molecule is CC(C)(C)C(=O)OCc1c[nH]c2cc(F)ccc12. The van der Waals surface area contributed by atoms with Crippen LogP contribution in [0.5, 0.6) is 0 Å². The number of hydrogen-bond acceptors (Lipinski definition) is 2. The van der Waals surface area contributed by atoms with E-state index in [2.05, 4.69) is 4.98 Å². The Kier molecular flexibility index (Phi) is 3.11. The first-order valence-electron chi connectivity index (χ1n) is 5.80. The predicted octanol–water partition coefficient (Wildman–Crippen LogP) is 3.40. The third-order valence-corrected chi connectivity index (χ3v) is 2.70. The highest BCUT2D eigenvalue weighted by atomic mass is 19.1. The largest absolute Gasteiger partial charge is 0.460 e. The Balaban J connectivity index is 2.16. The molecule has 2 aromatic rings. The van der Waals surface area contributed by atoms with Crippen molar-refractivity contribution in [3.05, 3.63) is 35.8 Å². The van der Waals surface area contributed by atoms with Crippen LogP contribution in [-0.4, -0.2) is 11.0 Å². The molecule has 3 nitrogen and oxygen atoms in total. The number of ether oxygens (including phenoxy) is 1. The number of benzene rings is 1. The van der Waals surface area contributed by atoms with E-state index in [1.165, 1.54) is 12.1 Å². The molecule has 0 saturated carbocycles. The van der Waals surface area contributed by atoms with E-state index in [1.807, 2.05) is 0 Å². The number of aromatic nitrogens is 1. The van der Waals surface area contributed by atoms with Gasteiger partial charge in [-0.3, -0.25) is 4.79 Å². The number of carbonyl (C=O) groups is 1. The second kappa shape index (κ2) is 4.44. The molecular formula is C14H16FNO2. The molecule has 0 saturated heterocycles. The van der Waals surface area contributed by atoms with Crippen LogP contribution in [0.2, 0.25) is 0 Å². The summed E-state index contributed by atoms with van der Waals surface area (Å²) in [6.07, 6.45) is 1.74. The van der Waals surface area contributed by atoms with Crippen molar-refractivity contribution >= 4 is 16.9 Å². The fourth-order valence-corrected chi connectivity index (χ4v) is 1.64. The summed E-state index contributed by atoms with van der Waals surface area (Å²) in [4.78, 5) is 14.6. The van der Waals surface area contributed by atoms with Crippen LogP contribution in [0.3, 0.4) is 0 Å². The van der Waals surface area contributed by atoms with Crippen LogP contribution in [-0.2, 0) is 16.1 Å². The van der Waals surface area contributed by atoms with Gasteiger partial charge in [0.2, 0.25) is 0 Å². The molecule has 0 aliphatic rings. The molecule has 0 fully saturated rings. The second-order valence-corrected chi connectivity index (χ2v) is 5.33. The Labute approximate surface area is 105 Å². The molecule has 0 unspecified atom stereocenters. The van der Waals surface area contributed by atoms with Crippen LogP contribution in [0, 0.1) is 11.2 Å². The van der Waals surface area contributed by atoms with E-state index < -0.39 is 5.41 Å². The average molecular weight is 249 g/mol. The first-order chi connectivity index (χ1) is 8.38.